The zero-order chi connectivity index (χ0) is 23.9. The van der Waals surface area contributed by atoms with E-state index in [-0.39, 0.29) is 5.56 Å². The third kappa shape index (κ3) is 3.70. The van der Waals surface area contributed by atoms with Crippen molar-refractivity contribution in [3.63, 3.8) is 0 Å². The average molecular weight is 482 g/mol. The SMILES string of the molecule is COc1ccccc1Cn1c2nc3ccccc3nc2c2c(=O)n(Cc3ccc(Cl)cc3)cnc21. The minimum atomic E-state index is -0.168. The Morgan fingerprint density at radius 1 is 0.857 bits per heavy atom. The van der Waals surface area contributed by atoms with Crippen molar-refractivity contribution in [1.29, 1.82) is 0 Å². The van der Waals surface area contributed by atoms with E-state index in [4.69, 9.17) is 31.3 Å². The highest BCUT2D eigenvalue weighted by Crippen LogP contribution is 2.28. The van der Waals surface area contributed by atoms with Crippen LogP contribution in [0, 0.1) is 0 Å². The highest BCUT2D eigenvalue weighted by Gasteiger charge is 2.20. The highest BCUT2D eigenvalue weighted by molar-refractivity contribution is 6.30. The van der Waals surface area contributed by atoms with E-state index < -0.39 is 0 Å². The molecule has 0 amide bonds. The molecule has 7 nitrogen and oxygen atoms in total. The van der Waals surface area contributed by atoms with Crippen LogP contribution < -0.4 is 10.3 Å². The van der Waals surface area contributed by atoms with Crippen molar-refractivity contribution in [1.82, 2.24) is 24.1 Å². The number of fused-ring (bicyclic) bond motifs is 4. The van der Waals surface area contributed by atoms with Crippen molar-refractivity contribution in [2.75, 3.05) is 7.11 Å². The Morgan fingerprint density at radius 2 is 1.57 bits per heavy atom. The fourth-order valence-corrected chi connectivity index (χ4v) is 4.52. The van der Waals surface area contributed by atoms with Crippen LogP contribution >= 0.6 is 11.6 Å². The molecule has 0 unspecified atom stereocenters. The summed E-state index contributed by atoms with van der Waals surface area (Å²) in [7, 11) is 1.64. The van der Waals surface area contributed by atoms with Crippen molar-refractivity contribution < 1.29 is 4.74 Å². The van der Waals surface area contributed by atoms with Gasteiger partial charge in [0.05, 0.1) is 31.2 Å². The van der Waals surface area contributed by atoms with Crippen molar-refractivity contribution in [3.8, 4) is 5.75 Å². The smallest absolute Gasteiger partial charge is 0.265 e. The predicted octanol–water partition coefficient (Wildman–Crippen LogP) is 5.05. The molecule has 0 bridgehead atoms. The second-order valence-electron chi connectivity index (χ2n) is 8.29. The minimum absolute atomic E-state index is 0.168. The first-order valence-corrected chi connectivity index (χ1v) is 11.5. The zero-order valence-corrected chi connectivity index (χ0v) is 19.6. The molecular formula is C27H20ClN5O2. The van der Waals surface area contributed by atoms with Gasteiger partial charge in [0, 0.05) is 10.6 Å². The van der Waals surface area contributed by atoms with Crippen LogP contribution in [-0.2, 0) is 13.1 Å². The lowest BCUT2D eigenvalue weighted by atomic mass is 10.2. The minimum Gasteiger partial charge on any atom is -0.496 e. The number of nitrogens with zero attached hydrogens (tertiary/aromatic N) is 5. The molecule has 0 saturated carbocycles. The van der Waals surface area contributed by atoms with Gasteiger partial charge in [0.25, 0.3) is 5.56 Å². The van der Waals surface area contributed by atoms with E-state index in [0.29, 0.717) is 40.3 Å². The molecule has 172 valence electrons. The summed E-state index contributed by atoms with van der Waals surface area (Å²) in [5.74, 6) is 0.757. The first-order chi connectivity index (χ1) is 17.1. The molecule has 3 aromatic heterocycles. The number of methoxy groups -OCH3 is 1. The maximum Gasteiger partial charge on any atom is 0.265 e. The number of halogens is 1. The third-order valence-electron chi connectivity index (χ3n) is 6.11. The second-order valence-corrected chi connectivity index (χ2v) is 8.72. The summed E-state index contributed by atoms with van der Waals surface area (Å²) in [6.07, 6.45) is 1.58. The summed E-state index contributed by atoms with van der Waals surface area (Å²) in [5.41, 5.74) is 4.91. The van der Waals surface area contributed by atoms with E-state index in [2.05, 4.69) is 0 Å². The molecule has 0 aliphatic carbocycles. The summed E-state index contributed by atoms with van der Waals surface area (Å²) < 4.78 is 9.09. The Kier molecular flexibility index (Phi) is 5.19. The van der Waals surface area contributed by atoms with Gasteiger partial charge in [-0.15, -0.1) is 0 Å². The van der Waals surface area contributed by atoms with Gasteiger partial charge in [-0.3, -0.25) is 9.36 Å². The predicted molar refractivity (Wildman–Crippen MR) is 137 cm³/mol. The fraction of sp³-hybridized carbons (Fsp3) is 0.111. The number of ether oxygens (including phenoxy) is 1. The molecule has 0 fully saturated rings. The number of para-hydroxylation sites is 3. The van der Waals surface area contributed by atoms with E-state index >= 15 is 0 Å². The van der Waals surface area contributed by atoms with Gasteiger partial charge in [0.15, 0.2) is 11.3 Å². The quantitative estimate of drug-likeness (QED) is 0.344. The molecule has 0 atom stereocenters. The molecule has 35 heavy (non-hydrogen) atoms. The van der Waals surface area contributed by atoms with Gasteiger partial charge in [-0.1, -0.05) is 54.1 Å². The number of rotatable bonds is 5. The van der Waals surface area contributed by atoms with E-state index in [1.807, 2.05) is 77.4 Å². The summed E-state index contributed by atoms with van der Waals surface area (Å²) in [6.45, 7) is 0.809. The standard InChI is InChI=1S/C27H20ClN5O2/c1-35-22-9-5-2-6-18(22)15-33-25-23(24-26(33)31-21-8-4-3-7-20(21)30-24)27(34)32(16-29-25)14-17-10-12-19(28)13-11-17/h2-13,16H,14-15H2,1H3. The largest absolute Gasteiger partial charge is 0.496 e. The fourth-order valence-electron chi connectivity index (χ4n) is 4.39. The molecule has 0 radical (unpaired) electrons. The lowest BCUT2D eigenvalue weighted by molar-refractivity contribution is 0.409. The Balaban J connectivity index is 1.60. The first-order valence-electron chi connectivity index (χ1n) is 11.1. The van der Waals surface area contributed by atoms with Crippen molar-refractivity contribution in [2.45, 2.75) is 13.1 Å². The Labute approximate surface area is 205 Å². The van der Waals surface area contributed by atoms with Crippen molar-refractivity contribution >= 4 is 44.8 Å². The molecular weight excluding hydrogens is 462 g/mol. The summed E-state index contributed by atoms with van der Waals surface area (Å²) in [6, 6.07) is 22.9. The molecule has 6 aromatic rings. The van der Waals surface area contributed by atoms with Gasteiger partial charge in [-0.05, 0) is 35.9 Å². The zero-order valence-electron chi connectivity index (χ0n) is 18.9. The van der Waals surface area contributed by atoms with Crippen molar-refractivity contribution in [2.24, 2.45) is 0 Å². The van der Waals surface area contributed by atoms with Gasteiger partial charge in [-0.25, -0.2) is 15.0 Å². The van der Waals surface area contributed by atoms with Crippen LogP contribution in [0.25, 0.3) is 33.2 Å². The lowest BCUT2D eigenvalue weighted by Gasteiger charge is -2.11. The van der Waals surface area contributed by atoms with Crippen LogP contribution in [-0.4, -0.2) is 31.2 Å². The summed E-state index contributed by atoms with van der Waals surface area (Å²) in [4.78, 5) is 28.2. The van der Waals surface area contributed by atoms with Gasteiger partial charge >= 0.3 is 0 Å². The summed E-state index contributed by atoms with van der Waals surface area (Å²) >= 11 is 6.02. The van der Waals surface area contributed by atoms with E-state index in [0.717, 1.165) is 27.9 Å². The monoisotopic (exact) mass is 481 g/mol. The van der Waals surface area contributed by atoms with Crippen molar-refractivity contribution in [3.05, 3.63) is 106 Å². The number of aromatic nitrogens is 5. The van der Waals surface area contributed by atoms with E-state index in [1.54, 1.807) is 18.0 Å². The lowest BCUT2D eigenvalue weighted by Crippen LogP contribution is -2.21. The van der Waals surface area contributed by atoms with Gasteiger partial charge in [-0.2, -0.15) is 0 Å². The van der Waals surface area contributed by atoms with E-state index in [1.165, 1.54) is 0 Å². The van der Waals surface area contributed by atoms with Gasteiger partial charge < -0.3 is 9.30 Å². The Bertz CT molecular complexity index is 1770. The molecule has 3 heterocycles. The number of benzene rings is 3. The second kappa shape index (κ2) is 8.52. The molecule has 0 aliphatic heterocycles. The average Bonchev–Trinajstić information content (AvgIpc) is 3.18. The van der Waals surface area contributed by atoms with Crippen LogP contribution in [0.1, 0.15) is 11.1 Å². The topological polar surface area (TPSA) is 74.8 Å². The molecule has 0 spiro atoms. The molecule has 0 saturated heterocycles. The van der Waals surface area contributed by atoms with Crippen LogP contribution in [0.2, 0.25) is 5.02 Å². The maximum atomic E-state index is 13.7. The number of hydrogen-bond donors (Lipinski definition) is 0. The Hall–Kier alpha value is -4.23. The maximum absolute atomic E-state index is 13.7. The molecule has 0 aliphatic rings. The van der Waals surface area contributed by atoms with Crippen LogP contribution in [0.15, 0.2) is 83.9 Å². The van der Waals surface area contributed by atoms with Gasteiger partial charge in [0.2, 0.25) is 0 Å². The van der Waals surface area contributed by atoms with Crippen LogP contribution in [0.5, 0.6) is 5.75 Å². The van der Waals surface area contributed by atoms with E-state index in [9.17, 15) is 4.79 Å². The summed E-state index contributed by atoms with van der Waals surface area (Å²) in [5, 5.41) is 1.10. The number of hydrogen-bond acceptors (Lipinski definition) is 5. The Morgan fingerprint density at radius 3 is 2.34 bits per heavy atom. The molecule has 8 heteroatoms. The molecule has 3 aromatic carbocycles. The van der Waals surface area contributed by atoms with Gasteiger partial charge in [0.1, 0.15) is 23.0 Å². The van der Waals surface area contributed by atoms with Crippen LogP contribution in [0.4, 0.5) is 0 Å². The third-order valence-corrected chi connectivity index (χ3v) is 6.36. The molecule has 0 N–H and O–H groups in total. The molecule has 6 rings (SSSR count). The highest BCUT2D eigenvalue weighted by atomic mass is 35.5. The van der Waals surface area contributed by atoms with Crippen LogP contribution in [0.3, 0.4) is 0 Å². The first kappa shape index (κ1) is 21.3. The normalized spacial score (nSPS) is 11.5.